The summed E-state index contributed by atoms with van der Waals surface area (Å²) in [6, 6.07) is 21.2. The van der Waals surface area contributed by atoms with E-state index in [0.29, 0.717) is 11.4 Å². The Morgan fingerprint density at radius 1 is 0.846 bits per heavy atom. The van der Waals surface area contributed by atoms with Crippen molar-refractivity contribution in [2.45, 2.75) is 108 Å². The van der Waals surface area contributed by atoms with Crippen LogP contribution in [0.25, 0.3) is 0 Å². The lowest BCUT2D eigenvalue weighted by Crippen LogP contribution is -2.82. The van der Waals surface area contributed by atoms with E-state index in [1.807, 2.05) is 32.2 Å². The number of fused-ring (bicyclic) bond motifs is 1. The van der Waals surface area contributed by atoms with Crippen molar-refractivity contribution in [1.29, 1.82) is 0 Å². The predicted molar refractivity (Wildman–Crippen MR) is 189 cm³/mol. The predicted octanol–water partition coefficient (Wildman–Crippen LogP) is 5.71. The zero-order valence-corrected chi connectivity index (χ0v) is 30.6. The van der Waals surface area contributed by atoms with Crippen LogP contribution < -0.4 is 4.74 Å². The second-order valence-corrected chi connectivity index (χ2v) is 15.7. The first kappa shape index (κ1) is 36.1. The lowest BCUT2D eigenvalue weighted by atomic mass is 9.47. The first-order valence-electron chi connectivity index (χ1n) is 18.1. The Morgan fingerprint density at radius 3 is 2.04 bits per heavy atom. The maximum absolute atomic E-state index is 14.0. The zero-order chi connectivity index (χ0) is 37.1. The number of hydrogen-bond acceptors (Lipinski definition) is 11. The number of aromatic nitrogens is 1. The highest BCUT2D eigenvalue weighted by molar-refractivity contribution is 5.90. The van der Waals surface area contributed by atoms with E-state index in [2.05, 4.69) is 11.9 Å². The minimum Gasteiger partial charge on any atom is -0.471 e. The van der Waals surface area contributed by atoms with Crippen molar-refractivity contribution in [1.82, 2.24) is 9.88 Å². The Labute approximate surface area is 304 Å². The minimum atomic E-state index is -1.67. The molecular formula is C41H48N2O9. The van der Waals surface area contributed by atoms with E-state index in [1.165, 1.54) is 6.92 Å². The standard InChI is InChI=1S/C41H48N2O9/c1-25(44)48-33-32-34(50-31-20-19-28(24-42-31)29-18-13-23-43(29)6)41(52-38(32,2)3)39(4,47)22-21-30(49-36(45)26-14-9-7-10-15-26)40(41,5)35(33)51-37(46)27-16-11-8-12-17-27/h7-12,14-17,19-20,24,29-30,32-35,47H,13,18,21-23H2,1-6H3/t29?,30-,32+,33+,34+,35+,39-,40-,41-/m0/s1. The van der Waals surface area contributed by atoms with Crippen molar-refractivity contribution in [2.24, 2.45) is 11.3 Å². The Bertz CT molecular complexity index is 1800. The number of esters is 3. The van der Waals surface area contributed by atoms with Gasteiger partial charge in [-0.2, -0.15) is 0 Å². The maximum atomic E-state index is 14.0. The summed E-state index contributed by atoms with van der Waals surface area (Å²) in [4.78, 5) is 47.8. The van der Waals surface area contributed by atoms with Gasteiger partial charge in [-0.05, 0) is 96.8 Å². The number of hydrogen-bond donors (Lipinski definition) is 1. The molecule has 0 amide bonds. The molecule has 3 heterocycles. The lowest BCUT2D eigenvalue weighted by molar-refractivity contribution is -0.331. The fourth-order valence-corrected chi connectivity index (χ4v) is 9.70. The summed E-state index contributed by atoms with van der Waals surface area (Å²) in [6.07, 6.45) is -0.0538. The third-order valence-electron chi connectivity index (χ3n) is 12.1. The summed E-state index contributed by atoms with van der Waals surface area (Å²) in [5.74, 6) is -2.33. The molecular weight excluding hydrogens is 664 g/mol. The number of aliphatic hydroxyl groups is 1. The first-order valence-corrected chi connectivity index (χ1v) is 18.1. The van der Waals surface area contributed by atoms with Gasteiger partial charge in [0.15, 0.2) is 6.10 Å². The van der Waals surface area contributed by atoms with E-state index in [-0.39, 0.29) is 24.4 Å². The van der Waals surface area contributed by atoms with E-state index in [4.69, 9.17) is 28.7 Å². The monoisotopic (exact) mass is 712 g/mol. The normalized spacial score (nSPS) is 34.9. The minimum absolute atomic E-state index is 0.163. The Morgan fingerprint density at radius 2 is 1.48 bits per heavy atom. The fraction of sp³-hybridized carbons (Fsp3) is 0.512. The number of benzene rings is 2. The van der Waals surface area contributed by atoms with Gasteiger partial charge >= 0.3 is 17.9 Å². The van der Waals surface area contributed by atoms with Crippen molar-refractivity contribution in [3.63, 3.8) is 0 Å². The highest BCUT2D eigenvalue weighted by Gasteiger charge is 2.85. The molecule has 2 saturated heterocycles. The summed E-state index contributed by atoms with van der Waals surface area (Å²) in [7, 11) is 2.10. The van der Waals surface area contributed by atoms with Crippen LogP contribution in [0.2, 0.25) is 0 Å². The molecule has 9 atom stereocenters. The van der Waals surface area contributed by atoms with Gasteiger partial charge in [-0.15, -0.1) is 0 Å². The van der Waals surface area contributed by atoms with Gasteiger partial charge in [0.1, 0.15) is 23.9 Å². The molecule has 11 nitrogen and oxygen atoms in total. The molecule has 1 unspecified atom stereocenters. The summed E-state index contributed by atoms with van der Waals surface area (Å²) in [5, 5.41) is 12.7. The molecule has 52 heavy (non-hydrogen) atoms. The van der Waals surface area contributed by atoms with Gasteiger partial charge in [0, 0.05) is 25.2 Å². The molecule has 2 aliphatic carbocycles. The molecule has 3 aromatic rings. The summed E-state index contributed by atoms with van der Waals surface area (Å²) in [5.41, 5.74) is -4.24. The molecule has 276 valence electrons. The lowest BCUT2D eigenvalue weighted by Gasteiger charge is -2.65. The topological polar surface area (TPSA) is 134 Å². The van der Waals surface area contributed by atoms with E-state index >= 15 is 0 Å². The van der Waals surface area contributed by atoms with Gasteiger partial charge in [0.2, 0.25) is 5.88 Å². The largest absolute Gasteiger partial charge is 0.471 e. The van der Waals surface area contributed by atoms with Crippen LogP contribution in [-0.4, -0.2) is 87.7 Å². The molecule has 2 aromatic carbocycles. The highest BCUT2D eigenvalue weighted by atomic mass is 16.6. The molecule has 2 saturated carbocycles. The van der Waals surface area contributed by atoms with Crippen LogP contribution in [0.15, 0.2) is 79.0 Å². The molecule has 2 aliphatic heterocycles. The number of pyridine rings is 1. The molecule has 4 fully saturated rings. The summed E-state index contributed by atoms with van der Waals surface area (Å²) in [6.45, 7) is 9.47. The molecule has 4 aliphatic rings. The molecule has 1 aromatic heterocycles. The Hall–Kier alpha value is -4.32. The second kappa shape index (κ2) is 13.3. The van der Waals surface area contributed by atoms with Gasteiger partial charge in [-0.1, -0.05) is 42.5 Å². The fourth-order valence-electron chi connectivity index (χ4n) is 9.70. The van der Waals surface area contributed by atoms with Crippen LogP contribution >= 0.6 is 0 Å². The summed E-state index contributed by atoms with van der Waals surface area (Å²) >= 11 is 0. The third-order valence-corrected chi connectivity index (χ3v) is 12.1. The average Bonchev–Trinajstić information content (AvgIpc) is 3.63. The van der Waals surface area contributed by atoms with E-state index in [0.717, 1.165) is 24.9 Å². The number of carbonyl (C=O) groups excluding carboxylic acids is 3. The molecule has 1 spiro atoms. The van der Waals surface area contributed by atoms with Crippen LogP contribution in [0.5, 0.6) is 5.88 Å². The number of rotatable bonds is 8. The second-order valence-electron chi connectivity index (χ2n) is 15.7. The first-order chi connectivity index (χ1) is 24.7. The van der Waals surface area contributed by atoms with Crippen molar-refractivity contribution in [2.75, 3.05) is 13.6 Å². The van der Waals surface area contributed by atoms with Crippen LogP contribution in [0.1, 0.15) is 92.6 Å². The van der Waals surface area contributed by atoms with Gasteiger partial charge < -0.3 is 28.8 Å². The number of ether oxygens (including phenoxy) is 5. The van der Waals surface area contributed by atoms with Crippen LogP contribution in [-0.2, 0) is 23.7 Å². The van der Waals surface area contributed by atoms with Crippen molar-refractivity contribution in [3.05, 3.63) is 95.7 Å². The zero-order valence-electron chi connectivity index (χ0n) is 30.6. The number of likely N-dealkylation sites (tertiary alicyclic amines) is 1. The molecule has 1 N–H and O–H groups in total. The summed E-state index contributed by atoms with van der Waals surface area (Å²) < 4.78 is 33.0. The van der Waals surface area contributed by atoms with Gasteiger partial charge in [0.25, 0.3) is 0 Å². The van der Waals surface area contributed by atoms with Crippen LogP contribution in [0.4, 0.5) is 0 Å². The number of carbonyl (C=O) groups is 3. The Kier molecular flexibility index (Phi) is 9.20. The smallest absolute Gasteiger partial charge is 0.338 e. The molecule has 7 rings (SSSR count). The van der Waals surface area contributed by atoms with Crippen molar-refractivity contribution in [3.8, 4) is 5.88 Å². The molecule has 11 heteroatoms. The quantitative estimate of drug-likeness (QED) is 0.228. The van der Waals surface area contributed by atoms with Crippen LogP contribution in [0.3, 0.4) is 0 Å². The third kappa shape index (κ3) is 5.77. The average molecular weight is 713 g/mol. The Balaban J connectivity index is 1.38. The van der Waals surface area contributed by atoms with Gasteiger partial charge in [-0.3, -0.25) is 9.69 Å². The van der Waals surface area contributed by atoms with E-state index in [9.17, 15) is 19.5 Å². The van der Waals surface area contributed by atoms with Gasteiger partial charge in [0.05, 0.1) is 33.7 Å². The number of nitrogens with zero attached hydrogens (tertiary/aromatic N) is 2. The highest BCUT2D eigenvalue weighted by Crippen LogP contribution is 2.69. The molecule has 0 radical (unpaired) electrons. The molecule has 2 bridgehead atoms. The SMILES string of the molecule is CC(=O)O[C@@H]1[C@@H]2[C@@H](Oc3ccc(C4CCCN4C)cn3)[C@@]3(OC2(C)C)[C@@](C)([C@@H](OC(=O)c2ccccc2)CC[C@]3(C)O)[C@@H]1OC(=O)c1ccccc1. The van der Waals surface area contributed by atoms with Crippen LogP contribution in [0, 0.1) is 11.3 Å². The van der Waals surface area contributed by atoms with E-state index in [1.54, 1.807) is 74.5 Å². The van der Waals surface area contributed by atoms with Crippen molar-refractivity contribution >= 4 is 17.9 Å². The van der Waals surface area contributed by atoms with E-state index < -0.39 is 70.5 Å². The maximum Gasteiger partial charge on any atom is 0.338 e. The van der Waals surface area contributed by atoms with Gasteiger partial charge in [-0.25, -0.2) is 14.6 Å². The van der Waals surface area contributed by atoms with Crippen molar-refractivity contribution < 1.29 is 43.2 Å².